The Bertz CT molecular complexity index is 590. The molecule has 0 bridgehead atoms. The van der Waals surface area contributed by atoms with Gasteiger partial charge < -0.3 is 5.73 Å². The van der Waals surface area contributed by atoms with Crippen LogP contribution in [0.15, 0.2) is 24.3 Å². The Morgan fingerprint density at radius 1 is 1.00 bits per heavy atom. The SMILES string of the molecule is Cc1nc(N)cc(-c2cc(C(C)(C)C)ccc2C)n1. The van der Waals surface area contributed by atoms with Gasteiger partial charge in [-0.15, -0.1) is 0 Å². The van der Waals surface area contributed by atoms with Gasteiger partial charge in [0.1, 0.15) is 11.6 Å². The Hall–Kier alpha value is -1.90. The Morgan fingerprint density at radius 3 is 2.26 bits per heavy atom. The van der Waals surface area contributed by atoms with E-state index in [0.717, 1.165) is 11.3 Å². The van der Waals surface area contributed by atoms with Crippen LogP contribution in [0.3, 0.4) is 0 Å². The molecule has 0 spiro atoms. The lowest BCUT2D eigenvalue weighted by Crippen LogP contribution is -2.11. The van der Waals surface area contributed by atoms with Crippen LogP contribution in [0.2, 0.25) is 0 Å². The van der Waals surface area contributed by atoms with Gasteiger partial charge in [-0.05, 0) is 36.5 Å². The summed E-state index contributed by atoms with van der Waals surface area (Å²) >= 11 is 0. The molecule has 2 aromatic rings. The van der Waals surface area contributed by atoms with Gasteiger partial charge in [-0.1, -0.05) is 32.9 Å². The van der Waals surface area contributed by atoms with Crippen LogP contribution in [0.25, 0.3) is 11.3 Å². The second-order valence-corrected chi connectivity index (χ2v) is 6.00. The van der Waals surface area contributed by atoms with Gasteiger partial charge in [-0.25, -0.2) is 9.97 Å². The zero-order chi connectivity index (χ0) is 14.2. The first-order chi connectivity index (χ1) is 8.77. The Kier molecular flexibility index (Phi) is 3.31. The Balaban J connectivity index is 2.61. The van der Waals surface area contributed by atoms with Gasteiger partial charge in [0, 0.05) is 11.6 Å². The number of aromatic nitrogens is 2. The highest BCUT2D eigenvalue weighted by Crippen LogP contribution is 2.29. The predicted molar refractivity (Wildman–Crippen MR) is 80.1 cm³/mol. The van der Waals surface area contributed by atoms with Crippen molar-refractivity contribution < 1.29 is 0 Å². The molecular formula is C16H21N3. The van der Waals surface area contributed by atoms with Crippen molar-refractivity contribution in [1.29, 1.82) is 0 Å². The first-order valence-corrected chi connectivity index (χ1v) is 6.50. The van der Waals surface area contributed by atoms with Gasteiger partial charge in [-0.2, -0.15) is 0 Å². The van der Waals surface area contributed by atoms with Gasteiger partial charge >= 0.3 is 0 Å². The molecule has 0 aliphatic rings. The van der Waals surface area contributed by atoms with Crippen molar-refractivity contribution in [2.45, 2.75) is 40.0 Å². The summed E-state index contributed by atoms with van der Waals surface area (Å²) in [5.41, 5.74) is 10.5. The summed E-state index contributed by atoms with van der Waals surface area (Å²) in [6, 6.07) is 8.36. The van der Waals surface area contributed by atoms with Crippen LogP contribution < -0.4 is 5.73 Å². The maximum absolute atomic E-state index is 5.82. The standard InChI is InChI=1S/C16H21N3/c1-10-6-7-12(16(3,4)5)8-13(10)14-9-15(17)19-11(2)18-14/h6-9H,1-5H3,(H2,17,18,19). The van der Waals surface area contributed by atoms with E-state index in [2.05, 4.69) is 55.9 Å². The third-order valence-corrected chi connectivity index (χ3v) is 3.24. The summed E-state index contributed by atoms with van der Waals surface area (Å²) in [6.45, 7) is 10.6. The second-order valence-electron chi connectivity index (χ2n) is 6.00. The van der Waals surface area contributed by atoms with E-state index in [1.807, 2.05) is 13.0 Å². The number of aryl methyl sites for hydroxylation is 2. The molecule has 1 aromatic heterocycles. The molecule has 0 atom stereocenters. The molecule has 0 saturated carbocycles. The number of anilines is 1. The van der Waals surface area contributed by atoms with E-state index in [-0.39, 0.29) is 5.41 Å². The molecule has 100 valence electrons. The minimum absolute atomic E-state index is 0.121. The minimum Gasteiger partial charge on any atom is -0.384 e. The van der Waals surface area contributed by atoms with Crippen LogP contribution in [0.1, 0.15) is 37.7 Å². The highest BCUT2D eigenvalue weighted by molar-refractivity contribution is 5.66. The molecule has 2 N–H and O–H groups in total. The number of nitrogen functional groups attached to an aromatic ring is 1. The van der Waals surface area contributed by atoms with Gasteiger partial charge in [0.05, 0.1) is 5.69 Å². The van der Waals surface area contributed by atoms with Crippen molar-refractivity contribution >= 4 is 5.82 Å². The Morgan fingerprint density at radius 2 is 1.68 bits per heavy atom. The lowest BCUT2D eigenvalue weighted by Gasteiger charge is -2.20. The highest BCUT2D eigenvalue weighted by Gasteiger charge is 2.16. The van der Waals surface area contributed by atoms with E-state index in [1.165, 1.54) is 11.1 Å². The Labute approximate surface area is 114 Å². The molecule has 0 aliphatic heterocycles. The molecule has 19 heavy (non-hydrogen) atoms. The molecule has 0 saturated heterocycles. The van der Waals surface area contributed by atoms with Crippen LogP contribution in [0, 0.1) is 13.8 Å². The molecule has 2 rings (SSSR count). The molecular weight excluding hydrogens is 234 g/mol. The van der Waals surface area contributed by atoms with Crippen molar-refractivity contribution in [2.24, 2.45) is 0 Å². The van der Waals surface area contributed by atoms with Gasteiger partial charge in [-0.3, -0.25) is 0 Å². The van der Waals surface area contributed by atoms with Crippen LogP contribution in [-0.2, 0) is 5.41 Å². The average molecular weight is 255 g/mol. The van der Waals surface area contributed by atoms with Crippen molar-refractivity contribution in [3.63, 3.8) is 0 Å². The zero-order valence-electron chi connectivity index (χ0n) is 12.3. The van der Waals surface area contributed by atoms with Crippen molar-refractivity contribution in [2.75, 3.05) is 5.73 Å². The molecule has 3 nitrogen and oxygen atoms in total. The number of benzene rings is 1. The van der Waals surface area contributed by atoms with Crippen LogP contribution in [-0.4, -0.2) is 9.97 Å². The van der Waals surface area contributed by atoms with Crippen molar-refractivity contribution in [3.05, 3.63) is 41.2 Å². The summed E-state index contributed by atoms with van der Waals surface area (Å²) in [7, 11) is 0. The normalized spacial score (nSPS) is 11.6. The third kappa shape index (κ3) is 2.92. The summed E-state index contributed by atoms with van der Waals surface area (Å²) in [5, 5.41) is 0. The summed E-state index contributed by atoms with van der Waals surface area (Å²) in [4.78, 5) is 8.62. The largest absolute Gasteiger partial charge is 0.384 e. The van der Waals surface area contributed by atoms with Crippen LogP contribution in [0.4, 0.5) is 5.82 Å². The van der Waals surface area contributed by atoms with Gasteiger partial charge in [0.2, 0.25) is 0 Å². The number of nitrogens with zero attached hydrogens (tertiary/aromatic N) is 2. The first-order valence-electron chi connectivity index (χ1n) is 6.50. The fourth-order valence-electron chi connectivity index (χ4n) is 2.09. The molecule has 3 heteroatoms. The summed E-state index contributed by atoms with van der Waals surface area (Å²) < 4.78 is 0. The maximum Gasteiger partial charge on any atom is 0.128 e. The van der Waals surface area contributed by atoms with Crippen molar-refractivity contribution in [1.82, 2.24) is 9.97 Å². The number of hydrogen-bond acceptors (Lipinski definition) is 3. The second kappa shape index (κ2) is 4.65. The average Bonchev–Trinajstić information content (AvgIpc) is 2.26. The fraction of sp³-hybridized carbons (Fsp3) is 0.375. The van der Waals surface area contributed by atoms with Gasteiger partial charge in [0.15, 0.2) is 0 Å². The number of rotatable bonds is 1. The van der Waals surface area contributed by atoms with Crippen molar-refractivity contribution in [3.8, 4) is 11.3 Å². The molecule has 0 fully saturated rings. The quantitative estimate of drug-likeness (QED) is 0.846. The topological polar surface area (TPSA) is 51.8 Å². The van der Waals surface area contributed by atoms with Crippen LogP contribution >= 0.6 is 0 Å². The van der Waals surface area contributed by atoms with E-state index in [4.69, 9.17) is 5.73 Å². The predicted octanol–water partition coefficient (Wildman–Crippen LogP) is 3.64. The maximum atomic E-state index is 5.82. The lowest BCUT2D eigenvalue weighted by molar-refractivity contribution is 0.590. The van der Waals surface area contributed by atoms with Crippen LogP contribution in [0.5, 0.6) is 0 Å². The smallest absolute Gasteiger partial charge is 0.128 e. The fourth-order valence-corrected chi connectivity index (χ4v) is 2.09. The van der Waals surface area contributed by atoms with E-state index in [9.17, 15) is 0 Å². The molecule has 1 heterocycles. The van der Waals surface area contributed by atoms with E-state index in [0.29, 0.717) is 11.6 Å². The third-order valence-electron chi connectivity index (χ3n) is 3.24. The summed E-state index contributed by atoms with van der Waals surface area (Å²) in [6.07, 6.45) is 0. The molecule has 0 radical (unpaired) electrons. The molecule has 0 aliphatic carbocycles. The lowest BCUT2D eigenvalue weighted by atomic mass is 9.85. The van der Waals surface area contributed by atoms with E-state index < -0.39 is 0 Å². The first kappa shape index (κ1) is 13.5. The highest BCUT2D eigenvalue weighted by atomic mass is 14.9. The number of hydrogen-bond donors (Lipinski definition) is 1. The molecule has 0 amide bonds. The van der Waals surface area contributed by atoms with E-state index >= 15 is 0 Å². The summed E-state index contributed by atoms with van der Waals surface area (Å²) in [5.74, 6) is 1.22. The van der Waals surface area contributed by atoms with Gasteiger partial charge in [0.25, 0.3) is 0 Å². The van der Waals surface area contributed by atoms with E-state index in [1.54, 1.807) is 0 Å². The monoisotopic (exact) mass is 255 g/mol. The molecule has 1 aromatic carbocycles. The molecule has 0 unspecified atom stereocenters. The number of nitrogens with two attached hydrogens (primary N) is 1. The zero-order valence-corrected chi connectivity index (χ0v) is 12.3. The minimum atomic E-state index is 0.121.